The Hall–Kier alpha value is -1.35. The van der Waals surface area contributed by atoms with Gasteiger partial charge in [-0.3, -0.25) is 4.79 Å². The predicted molar refractivity (Wildman–Crippen MR) is 61.4 cm³/mol. The summed E-state index contributed by atoms with van der Waals surface area (Å²) >= 11 is 0. The molecule has 2 N–H and O–H groups in total. The number of amides is 1. The van der Waals surface area contributed by atoms with Crippen LogP contribution in [0.1, 0.15) is 23.6 Å². The molecule has 0 radical (unpaired) electrons. The molecule has 15 heavy (non-hydrogen) atoms. The minimum Gasteiger partial charge on any atom is -0.349 e. The standard InChI is InChI=1S/C12H18N2O/c1-9-6-4-5-7-10(9)11(13)8-12(15)14(2)3/h4-7,11H,8,13H2,1-3H3. The van der Waals surface area contributed by atoms with Gasteiger partial charge < -0.3 is 10.6 Å². The molecule has 0 aliphatic heterocycles. The van der Waals surface area contributed by atoms with Crippen molar-refractivity contribution in [1.82, 2.24) is 4.90 Å². The summed E-state index contributed by atoms with van der Waals surface area (Å²) in [6.45, 7) is 2.01. The fourth-order valence-corrected chi connectivity index (χ4v) is 1.48. The van der Waals surface area contributed by atoms with Gasteiger partial charge >= 0.3 is 0 Å². The van der Waals surface area contributed by atoms with E-state index >= 15 is 0 Å². The number of hydrogen-bond acceptors (Lipinski definition) is 2. The van der Waals surface area contributed by atoms with E-state index in [1.165, 1.54) is 0 Å². The Balaban J connectivity index is 2.73. The Labute approximate surface area is 90.9 Å². The molecule has 0 bridgehead atoms. The molecule has 0 aromatic heterocycles. The Morgan fingerprint density at radius 1 is 1.40 bits per heavy atom. The Bertz CT molecular complexity index is 347. The van der Waals surface area contributed by atoms with Crippen LogP contribution in [-0.2, 0) is 4.79 Å². The minimum absolute atomic E-state index is 0.0609. The maximum absolute atomic E-state index is 11.5. The first-order valence-electron chi connectivity index (χ1n) is 5.03. The largest absolute Gasteiger partial charge is 0.349 e. The molecule has 0 fully saturated rings. The fourth-order valence-electron chi connectivity index (χ4n) is 1.48. The van der Waals surface area contributed by atoms with Gasteiger partial charge in [0, 0.05) is 26.6 Å². The van der Waals surface area contributed by atoms with Gasteiger partial charge in [0.1, 0.15) is 0 Å². The lowest BCUT2D eigenvalue weighted by Gasteiger charge is -2.17. The molecule has 1 rings (SSSR count). The molecule has 3 nitrogen and oxygen atoms in total. The van der Waals surface area contributed by atoms with Gasteiger partial charge in [-0.25, -0.2) is 0 Å². The summed E-state index contributed by atoms with van der Waals surface area (Å²) in [7, 11) is 3.49. The molecule has 1 atom stereocenters. The second-order valence-corrected chi connectivity index (χ2v) is 3.96. The van der Waals surface area contributed by atoms with Crippen LogP contribution in [0.3, 0.4) is 0 Å². The second-order valence-electron chi connectivity index (χ2n) is 3.96. The molecule has 0 aliphatic rings. The fraction of sp³-hybridized carbons (Fsp3) is 0.417. The number of rotatable bonds is 3. The van der Waals surface area contributed by atoms with E-state index in [1.54, 1.807) is 19.0 Å². The lowest BCUT2D eigenvalue weighted by atomic mass is 9.99. The van der Waals surface area contributed by atoms with E-state index in [0.29, 0.717) is 6.42 Å². The molecule has 82 valence electrons. The van der Waals surface area contributed by atoms with Gasteiger partial charge in [0.25, 0.3) is 0 Å². The van der Waals surface area contributed by atoms with Gasteiger partial charge in [0.2, 0.25) is 5.91 Å². The topological polar surface area (TPSA) is 46.3 Å². The quantitative estimate of drug-likeness (QED) is 0.814. The van der Waals surface area contributed by atoms with E-state index in [1.807, 2.05) is 31.2 Å². The van der Waals surface area contributed by atoms with Crippen LogP contribution in [0, 0.1) is 6.92 Å². The zero-order valence-electron chi connectivity index (χ0n) is 9.53. The van der Waals surface area contributed by atoms with Gasteiger partial charge in [-0.1, -0.05) is 24.3 Å². The lowest BCUT2D eigenvalue weighted by Crippen LogP contribution is -2.26. The van der Waals surface area contributed by atoms with Crippen molar-refractivity contribution in [2.75, 3.05) is 14.1 Å². The molecule has 0 heterocycles. The molecular weight excluding hydrogens is 188 g/mol. The average Bonchev–Trinajstić information content (AvgIpc) is 2.18. The number of nitrogens with zero attached hydrogens (tertiary/aromatic N) is 1. The molecule has 1 amide bonds. The van der Waals surface area contributed by atoms with Crippen LogP contribution < -0.4 is 5.73 Å². The predicted octanol–water partition coefficient (Wildman–Crippen LogP) is 1.47. The Kier molecular flexibility index (Phi) is 3.86. The van der Waals surface area contributed by atoms with Crippen molar-refractivity contribution in [1.29, 1.82) is 0 Å². The number of carbonyl (C=O) groups excluding carboxylic acids is 1. The van der Waals surface area contributed by atoms with Crippen molar-refractivity contribution < 1.29 is 4.79 Å². The smallest absolute Gasteiger partial charge is 0.223 e. The summed E-state index contributed by atoms with van der Waals surface area (Å²) in [4.78, 5) is 13.1. The van der Waals surface area contributed by atoms with Crippen LogP contribution in [0.4, 0.5) is 0 Å². The van der Waals surface area contributed by atoms with E-state index in [2.05, 4.69) is 0 Å². The zero-order valence-corrected chi connectivity index (χ0v) is 9.53. The van der Waals surface area contributed by atoms with E-state index in [0.717, 1.165) is 11.1 Å². The Morgan fingerprint density at radius 2 is 2.00 bits per heavy atom. The zero-order chi connectivity index (χ0) is 11.4. The normalized spacial score (nSPS) is 12.3. The van der Waals surface area contributed by atoms with Gasteiger partial charge in [0.15, 0.2) is 0 Å². The third kappa shape index (κ3) is 3.06. The number of hydrogen-bond donors (Lipinski definition) is 1. The van der Waals surface area contributed by atoms with Gasteiger partial charge in [-0.2, -0.15) is 0 Å². The molecule has 0 saturated carbocycles. The molecule has 1 aromatic rings. The highest BCUT2D eigenvalue weighted by atomic mass is 16.2. The second kappa shape index (κ2) is 4.94. The molecule has 1 unspecified atom stereocenters. The molecule has 1 aromatic carbocycles. The molecule has 0 saturated heterocycles. The monoisotopic (exact) mass is 206 g/mol. The first-order chi connectivity index (χ1) is 7.02. The van der Waals surface area contributed by atoms with Gasteiger partial charge in [-0.15, -0.1) is 0 Å². The van der Waals surface area contributed by atoms with Crippen LogP contribution in [0.25, 0.3) is 0 Å². The van der Waals surface area contributed by atoms with Gasteiger partial charge in [-0.05, 0) is 18.1 Å². The number of benzene rings is 1. The highest BCUT2D eigenvalue weighted by Crippen LogP contribution is 2.18. The first-order valence-corrected chi connectivity index (χ1v) is 5.03. The number of aryl methyl sites for hydroxylation is 1. The summed E-state index contributed by atoms with van der Waals surface area (Å²) in [6, 6.07) is 7.70. The van der Waals surface area contributed by atoms with E-state index < -0.39 is 0 Å². The maximum Gasteiger partial charge on any atom is 0.223 e. The summed E-state index contributed by atoms with van der Waals surface area (Å²) in [5.74, 6) is 0.0609. The van der Waals surface area contributed by atoms with Crippen LogP contribution >= 0.6 is 0 Å². The van der Waals surface area contributed by atoms with E-state index in [4.69, 9.17) is 5.73 Å². The lowest BCUT2D eigenvalue weighted by molar-refractivity contribution is -0.129. The van der Waals surface area contributed by atoms with Gasteiger partial charge in [0.05, 0.1) is 0 Å². The molecule has 0 spiro atoms. The van der Waals surface area contributed by atoms with E-state index in [9.17, 15) is 4.79 Å². The van der Waals surface area contributed by atoms with Crippen molar-refractivity contribution in [3.8, 4) is 0 Å². The van der Waals surface area contributed by atoms with Crippen LogP contribution in [-0.4, -0.2) is 24.9 Å². The highest BCUT2D eigenvalue weighted by Gasteiger charge is 2.14. The van der Waals surface area contributed by atoms with E-state index in [-0.39, 0.29) is 11.9 Å². The maximum atomic E-state index is 11.5. The number of carbonyl (C=O) groups is 1. The van der Waals surface area contributed by atoms with Crippen molar-refractivity contribution >= 4 is 5.91 Å². The summed E-state index contributed by atoms with van der Waals surface area (Å²) in [5.41, 5.74) is 8.17. The van der Waals surface area contributed by atoms with Crippen molar-refractivity contribution in [3.63, 3.8) is 0 Å². The summed E-state index contributed by atoms with van der Waals surface area (Å²) in [5, 5.41) is 0. The SMILES string of the molecule is Cc1ccccc1C(N)CC(=O)N(C)C. The molecular formula is C12H18N2O. The minimum atomic E-state index is -0.207. The molecule has 0 aliphatic carbocycles. The van der Waals surface area contributed by atoms with Crippen molar-refractivity contribution in [3.05, 3.63) is 35.4 Å². The van der Waals surface area contributed by atoms with Crippen molar-refractivity contribution in [2.24, 2.45) is 5.73 Å². The molecule has 3 heteroatoms. The van der Waals surface area contributed by atoms with Crippen LogP contribution in [0.2, 0.25) is 0 Å². The highest BCUT2D eigenvalue weighted by molar-refractivity contribution is 5.76. The average molecular weight is 206 g/mol. The first kappa shape index (κ1) is 11.7. The van der Waals surface area contributed by atoms with Crippen LogP contribution in [0.5, 0.6) is 0 Å². The summed E-state index contributed by atoms with van der Waals surface area (Å²) in [6.07, 6.45) is 0.359. The summed E-state index contributed by atoms with van der Waals surface area (Å²) < 4.78 is 0. The van der Waals surface area contributed by atoms with Crippen LogP contribution in [0.15, 0.2) is 24.3 Å². The third-order valence-corrected chi connectivity index (χ3v) is 2.48. The number of nitrogens with two attached hydrogens (primary N) is 1. The van der Waals surface area contributed by atoms with Crippen molar-refractivity contribution in [2.45, 2.75) is 19.4 Å². The Morgan fingerprint density at radius 3 is 2.53 bits per heavy atom. The third-order valence-electron chi connectivity index (χ3n) is 2.48.